The molecule has 1 aliphatic rings. The maximum absolute atomic E-state index is 12.1. The molecule has 4 atom stereocenters. The van der Waals surface area contributed by atoms with Crippen molar-refractivity contribution in [3.63, 3.8) is 0 Å². The first-order valence-corrected chi connectivity index (χ1v) is 7.75. The van der Waals surface area contributed by atoms with E-state index in [4.69, 9.17) is 14.7 Å². The van der Waals surface area contributed by atoms with Crippen LogP contribution in [0, 0.1) is 0 Å². The Bertz CT molecular complexity index is 826. The largest absolute Gasteiger partial charge is 0.394 e. The molecule has 0 saturated carbocycles. The summed E-state index contributed by atoms with van der Waals surface area (Å²) in [6.07, 6.45) is -3.67. The van der Waals surface area contributed by atoms with Crippen LogP contribution >= 0.6 is 0 Å². The van der Waals surface area contributed by atoms with E-state index in [0.717, 1.165) is 4.57 Å². The van der Waals surface area contributed by atoms with Crippen LogP contribution in [0.1, 0.15) is 16.6 Å². The average molecular weight is 363 g/mol. The smallest absolute Gasteiger partial charge is 0.362 e. The summed E-state index contributed by atoms with van der Waals surface area (Å²) < 4.78 is 6.23. The van der Waals surface area contributed by atoms with Gasteiger partial charge < -0.3 is 24.9 Å². The number of aliphatic hydroxyl groups is 3. The second kappa shape index (κ2) is 7.62. The van der Waals surface area contributed by atoms with Gasteiger partial charge >= 0.3 is 11.7 Å². The maximum Gasteiger partial charge on any atom is 0.362 e. The van der Waals surface area contributed by atoms with Crippen LogP contribution in [-0.2, 0) is 9.57 Å². The van der Waals surface area contributed by atoms with Gasteiger partial charge in [-0.2, -0.15) is 10.5 Å². The Morgan fingerprint density at radius 2 is 1.96 bits per heavy atom. The first-order valence-electron chi connectivity index (χ1n) is 7.75. The number of carbonyl (C=O) groups excluding carboxylic acids is 1. The molecule has 0 spiro atoms. The predicted molar refractivity (Wildman–Crippen MR) is 87.0 cm³/mol. The van der Waals surface area contributed by atoms with Gasteiger partial charge in [0.05, 0.1) is 12.2 Å². The molecule has 4 unspecified atom stereocenters. The van der Waals surface area contributed by atoms with Gasteiger partial charge in [0.2, 0.25) is 0 Å². The van der Waals surface area contributed by atoms with Gasteiger partial charge in [-0.05, 0) is 12.1 Å². The molecule has 1 aromatic carbocycles. The number of rotatable bonds is 5. The molecule has 10 nitrogen and oxygen atoms in total. The molecule has 138 valence electrons. The van der Waals surface area contributed by atoms with E-state index in [1.54, 1.807) is 30.3 Å². The van der Waals surface area contributed by atoms with E-state index < -0.39 is 42.8 Å². The van der Waals surface area contributed by atoms with E-state index >= 15 is 0 Å². The fourth-order valence-corrected chi connectivity index (χ4v) is 2.50. The summed E-state index contributed by atoms with van der Waals surface area (Å²) in [6.45, 7) is -0.508. The first kappa shape index (κ1) is 18.0. The molecular weight excluding hydrogens is 346 g/mol. The molecular formula is C16H17N3O7. The SMILES string of the molecule is O=C(ONc1ccn(C2OC(CO)C(O)C2O)c(=O)n1)c1ccccc1. The highest BCUT2D eigenvalue weighted by Crippen LogP contribution is 2.28. The Morgan fingerprint density at radius 1 is 1.23 bits per heavy atom. The number of carbonyl (C=O) groups is 1. The number of aliphatic hydroxyl groups excluding tert-OH is 3. The Morgan fingerprint density at radius 3 is 2.58 bits per heavy atom. The number of hydrogen-bond donors (Lipinski definition) is 4. The lowest BCUT2D eigenvalue weighted by molar-refractivity contribution is -0.0549. The minimum absolute atomic E-state index is 0.0257. The molecule has 10 heteroatoms. The fraction of sp³-hybridized carbons (Fsp3) is 0.312. The zero-order chi connectivity index (χ0) is 18.7. The molecule has 1 aliphatic heterocycles. The van der Waals surface area contributed by atoms with Crippen molar-refractivity contribution in [2.45, 2.75) is 24.5 Å². The Balaban J connectivity index is 1.68. The number of benzene rings is 1. The van der Waals surface area contributed by atoms with Gasteiger partial charge in [0.1, 0.15) is 18.3 Å². The monoisotopic (exact) mass is 363 g/mol. The second-order valence-corrected chi connectivity index (χ2v) is 5.59. The molecule has 1 aromatic heterocycles. The highest BCUT2D eigenvalue weighted by Gasteiger charge is 2.43. The standard InChI is InChI=1S/C16H17N3O7/c20-8-10-12(21)13(22)14(25-10)19-7-6-11(17-16(19)24)18-26-15(23)9-4-2-1-3-5-9/h1-7,10,12-14,20-22H,8H2,(H,17,18,24). The minimum Gasteiger partial charge on any atom is -0.394 e. The van der Waals surface area contributed by atoms with Crippen molar-refractivity contribution in [1.29, 1.82) is 0 Å². The predicted octanol–water partition coefficient (Wildman–Crippen LogP) is -0.961. The van der Waals surface area contributed by atoms with Crippen molar-refractivity contribution in [2.75, 3.05) is 12.1 Å². The van der Waals surface area contributed by atoms with Crippen LogP contribution in [-0.4, -0.2) is 55.8 Å². The summed E-state index contributed by atoms with van der Waals surface area (Å²) >= 11 is 0. The third kappa shape index (κ3) is 3.58. The summed E-state index contributed by atoms with van der Waals surface area (Å²) in [4.78, 5) is 32.5. The third-order valence-corrected chi connectivity index (χ3v) is 3.88. The van der Waals surface area contributed by atoms with Crippen molar-refractivity contribution >= 4 is 11.8 Å². The summed E-state index contributed by atoms with van der Waals surface area (Å²) in [5.41, 5.74) is 1.79. The van der Waals surface area contributed by atoms with E-state index in [2.05, 4.69) is 10.5 Å². The van der Waals surface area contributed by atoms with Gasteiger partial charge in [-0.3, -0.25) is 4.57 Å². The molecule has 26 heavy (non-hydrogen) atoms. The Kier molecular flexibility index (Phi) is 5.28. The van der Waals surface area contributed by atoms with Gasteiger partial charge in [0.15, 0.2) is 12.0 Å². The summed E-state index contributed by atoms with van der Waals surface area (Å²) in [6, 6.07) is 9.57. The summed E-state index contributed by atoms with van der Waals surface area (Å²) in [7, 11) is 0. The van der Waals surface area contributed by atoms with Crippen molar-refractivity contribution in [3.8, 4) is 0 Å². The summed E-state index contributed by atoms with van der Waals surface area (Å²) in [5.74, 6) is -0.678. The Hall–Kier alpha value is -2.79. The van der Waals surface area contributed by atoms with Crippen molar-refractivity contribution in [2.24, 2.45) is 0 Å². The molecule has 2 heterocycles. The van der Waals surface area contributed by atoms with Crippen molar-refractivity contribution in [3.05, 3.63) is 58.6 Å². The van der Waals surface area contributed by atoms with E-state index in [0.29, 0.717) is 5.56 Å². The topological polar surface area (TPSA) is 143 Å². The number of nitrogens with zero attached hydrogens (tertiary/aromatic N) is 2. The number of anilines is 1. The normalized spacial score (nSPS) is 25.0. The number of aromatic nitrogens is 2. The molecule has 0 bridgehead atoms. The molecule has 1 saturated heterocycles. The van der Waals surface area contributed by atoms with Crippen LogP contribution in [0.25, 0.3) is 0 Å². The molecule has 2 aromatic rings. The van der Waals surface area contributed by atoms with Crippen LogP contribution in [0.4, 0.5) is 5.82 Å². The Labute approximate surface area is 147 Å². The van der Waals surface area contributed by atoms with E-state index in [1.807, 2.05) is 0 Å². The van der Waals surface area contributed by atoms with E-state index in [9.17, 15) is 19.8 Å². The molecule has 3 rings (SSSR count). The van der Waals surface area contributed by atoms with E-state index in [-0.39, 0.29) is 5.82 Å². The molecule has 0 amide bonds. The lowest BCUT2D eigenvalue weighted by atomic mass is 10.1. The van der Waals surface area contributed by atoms with Gasteiger partial charge in [0, 0.05) is 12.3 Å². The molecule has 1 fully saturated rings. The molecule has 0 aliphatic carbocycles. The number of ether oxygens (including phenoxy) is 1. The van der Waals surface area contributed by atoms with Crippen LogP contribution in [0.15, 0.2) is 47.4 Å². The molecule has 4 N–H and O–H groups in total. The zero-order valence-corrected chi connectivity index (χ0v) is 13.4. The maximum atomic E-state index is 12.1. The third-order valence-electron chi connectivity index (χ3n) is 3.88. The molecule has 0 radical (unpaired) electrons. The quantitative estimate of drug-likeness (QED) is 0.494. The van der Waals surface area contributed by atoms with Gasteiger partial charge in [-0.1, -0.05) is 18.2 Å². The van der Waals surface area contributed by atoms with Crippen LogP contribution < -0.4 is 11.2 Å². The second-order valence-electron chi connectivity index (χ2n) is 5.59. The van der Waals surface area contributed by atoms with Crippen LogP contribution in [0.2, 0.25) is 0 Å². The van der Waals surface area contributed by atoms with Crippen molar-refractivity contribution < 1.29 is 29.7 Å². The highest BCUT2D eigenvalue weighted by atomic mass is 16.7. The van der Waals surface area contributed by atoms with Gasteiger partial charge in [-0.25, -0.2) is 9.59 Å². The van der Waals surface area contributed by atoms with Gasteiger partial charge in [0.25, 0.3) is 0 Å². The zero-order valence-electron chi connectivity index (χ0n) is 13.4. The highest BCUT2D eigenvalue weighted by molar-refractivity contribution is 5.89. The lowest BCUT2D eigenvalue weighted by Gasteiger charge is -2.17. The lowest BCUT2D eigenvalue weighted by Crippen LogP contribution is -2.36. The van der Waals surface area contributed by atoms with Gasteiger partial charge in [-0.15, -0.1) is 0 Å². The number of nitrogens with one attached hydrogen (secondary N) is 1. The van der Waals surface area contributed by atoms with Crippen LogP contribution in [0.5, 0.6) is 0 Å². The minimum atomic E-state index is -1.40. The summed E-state index contributed by atoms with van der Waals surface area (Å²) in [5, 5.41) is 28.8. The van der Waals surface area contributed by atoms with Crippen LogP contribution in [0.3, 0.4) is 0 Å². The fourth-order valence-electron chi connectivity index (χ4n) is 2.50. The first-order chi connectivity index (χ1) is 12.5. The van der Waals surface area contributed by atoms with Crippen molar-refractivity contribution in [1.82, 2.24) is 9.55 Å². The van der Waals surface area contributed by atoms with E-state index in [1.165, 1.54) is 12.3 Å². The average Bonchev–Trinajstić information content (AvgIpc) is 2.95. The number of hydrogen-bond acceptors (Lipinski definition) is 9.